The minimum Gasteiger partial charge on any atom is -0.351 e. The van der Waals surface area contributed by atoms with Crippen LogP contribution < -0.4 is 10.5 Å². The van der Waals surface area contributed by atoms with Gasteiger partial charge in [0.2, 0.25) is 10.0 Å². The maximum Gasteiger partial charge on any atom is 0.252 e. The molecule has 0 aromatic carbocycles. The Bertz CT molecular complexity index is 489. The van der Waals surface area contributed by atoms with E-state index in [1.54, 1.807) is 12.3 Å². The van der Waals surface area contributed by atoms with Crippen LogP contribution in [0.3, 0.4) is 0 Å². The predicted octanol–water partition coefficient (Wildman–Crippen LogP) is -0.138. The van der Waals surface area contributed by atoms with Crippen LogP contribution in [0.15, 0.2) is 22.9 Å². The molecule has 0 unspecified atom stereocenters. The third kappa shape index (κ3) is 4.69. The van der Waals surface area contributed by atoms with Gasteiger partial charge in [-0.1, -0.05) is 0 Å². The lowest BCUT2D eigenvalue weighted by atomic mass is 10.3. The Hall–Kier alpha value is -0.990. The first-order valence-corrected chi connectivity index (χ1v) is 6.78. The molecule has 0 spiro atoms. The molecule has 0 saturated carbocycles. The molecule has 1 amide bonds. The molecule has 8 heteroatoms. The molecule has 0 saturated heterocycles. The number of carbonyl (C=O) groups excluding carboxylic acids is 1. The molecule has 0 fully saturated rings. The molecule has 0 atom stereocenters. The summed E-state index contributed by atoms with van der Waals surface area (Å²) in [6.07, 6.45) is 2.93. The van der Waals surface area contributed by atoms with Crippen LogP contribution in [-0.2, 0) is 10.0 Å². The maximum absolute atomic E-state index is 11.5. The van der Waals surface area contributed by atoms with Gasteiger partial charge in [0.25, 0.3) is 5.91 Å². The molecule has 0 aliphatic heterocycles. The van der Waals surface area contributed by atoms with Crippen LogP contribution in [0.4, 0.5) is 0 Å². The smallest absolute Gasteiger partial charge is 0.252 e. The number of carbonyl (C=O) groups is 1. The monoisotopic (exact) mass is 307 g/mol. The normalized spacial score (nSPS) is 11.1. The van der Waals surface area contributed by atoms with Crippen molar-refractivity contribution in [2.45, 2.75) is 0 Å². The van der Waals surface area contributed by atoms with E-state index in [1.807, 2.05) is 0 Å². The number of hydrogen-bond donors (Lipinski definition) is 2. The summed E-state index contributed by atoms with van der Waals surface area (Å²) in [5.41, 5.74) is 0.351. The number of primary sulfonamides is 1. The van der Waals surface area contributed by atoms with Crippen LogP contribution in [0.5, 0.6) is 0 Å². The second kappa shape index (κ2) is 5.37. The SMILES string of the molecule is NS(=O)(=O)CCNC(=O)c1cncc(Br)c1. The fourth-order valence-electron chi connectivity index (χ4n) is 0.945. The summed E-state index contributed by atoms with van der Waals surface area (Å²) in [4.78, 5) is 15.3. The van der Waals surface area contributed by atoms with Crippen molar-refractivity contribution in [3.8, 4) is 0 Å². The first kappa shape index (κ1) is 13.1. The third-order valence-electron chi connectivity index (χ3n) is 1.64. The van der Waals surface area contributed by atoms with Crippen molar-refractivity contribution in [1.29, 1.82) is 0 Å². The Morgan fingerprint density at radius 1 is 1.50 bits per heavy atom. The zero-order chi connectivity index (χ0) is 12.2. The predicted molar refractivity (Wildman–Crippen MR) is 62.2 cm³/mol. The van der Waals surface area contributed by atoms with Gasteiger partial charge >= 0.3 is 0 Å². The average molecular weight is 308 g/mol. The van der Waals surface area contributed by atoms with E-state index in [4.69, 9.17) is 5.14 Å². The van der Waals surface area contributed by atoms with Gasteiger partial charge in [0.15, 0.2) is 0 Å². The largest absolute Gasteiger partial charge is 0.351 e. The topological polar surface area (TPSA) is 102 Å². The van der Waals surface area contributed by atoms with Gasteiger partial charge in [0.1, 0.15) is 0 Å². The summed E-state index contributed by atoms with van der Waals surface area (Å²) in [6, 6.07) is 1.58. The van der Waals surface area contributed by atoms with Crippen molar-refractivity contribution in [3.63, 3.8) is 0 Å². The molecular formula is C8H10BrN3O3S. The van der Waals surface area contributed by atoms with Gasteiger partial charge in [-0.05, 0) is 22.0 Å². The molecule has 16 heavy (non-hydrogen) atoms. The summed E-state index contributed by atoms with van der Waals surface area (Å²) < 4.78 is 21.9. The quantitative estimate of drug-likeness (QED) is 0.808. The highest BCUT2D eigenvalue weighted by Crippen LogP contribution is 2.09. The minimum absolute atomic E-state index is 0.0236. The Morgan fingerprint density at radius 2 is 2.19 bits per heavy atom. The highest BCUT2D eigenvalue weighted by molar-refractivity contribution is 9.10. The lowest BCUT2D eigenvalue weighted by Gasteiger charge is -2.03. The van der Waals surface area contributed by atoms with Gasteiger partial charge in [-0.25, -0.2) is 13.6 Å². The maximum atomic E-state index is 11.5. The van der Waals surface area contributed by atoms with E-state index in [1.165, 1.54) is 6.20 Å². The molecule has 0 aliphatic rings. The van der Waals surface area contributed by atoms with Gasteiger partial charge in [0, 0.05) is 23.4 Å². The number of hydrogen-bond acceptors (Lipinski definition) is 4. The van der Waals surface area contributed by atoms with Crippen molar-refractivity contribution < 1.29 is 13.2 Å². The van der Waals surface area contributed by atoms with E-state index >= 15 is 0 Å². The number of rotatable bonds is 4. The highest BCUT2D eigenvalue weighted by atomic mass is 79.9. The summed E-state index contributed by atoms with van der Waals surface area (Å²) in [7, 11) is -3.55. The highest BCUT2D eigenvalue weighted by Gasteiger charge is 2.08. The van der Waals surface area contributed by atoms with E-state index in [9.17, 15) is 13.2 Å². The van der Waals surface area contributed by atoms with Gasteiger partial charge in [-0.2, -0.15) is 0 Å². The van der Waals surface area contributed by atoms with Crippen molar-refractivity contribution >= 4 is 31.9 Å². The Morgan fingerprint density at radius 3 is 2.75 bits per heavy atom. The molecule has 1 rings (SSSR count). The van der Waals surface area contributed by atoms with Gasteiger partial charge in [0.05, 0.1) is 11.3 Å². The van der Waals surface area contributed by atoms with Crippen LogP contribution in [-0.4, -0.2) is 31.6 Å². The molecule has 0 radical (unpaired) electrons. The van der Waals surface area contributed by atoms with Crippen molar-refractivity contribution in [2.75, 3.05) is 12.3 Å². The van der Waals surface area contributed by atoms with E-state index in [0.29, 0.717) is 10.0 Å². The fraction of sp³-hybridized carbons (Fsp3) is 0.250. The average Bonchev–Trinajstić information content (AvgIpc) is 2.15. The molecule has 3 N–H and O–H groups in total. The molecule has 88 valence electrons. The van der Waals surface area contributed by atoms with Crippen molar-refractivity contribution in [2.24, 2.45) is 5.14 Å². The summed E-state index contributed by atoms with van der Waals surface area (Å²) in [6.45, 7) is -0.0236. The van der Waals surface area contributed by atoms with E-state index in [0.717, 1.165) is 0 Å². The Labute approximate surface area is 101 Å². The van der Waals surface area contributed by atoms with Gasteiger partial charge in [-0.3, -0.25) is 9.78 Å². The van der Waals surface area contributed by atoms with Crippen LogP contribution in [0.2, 0.25) is 0 Å². The number of nitrogens with one attached hydrogen (secondary N) is 1. The lowest BCUT2D eigenvalue weighted by Crippen LogP contribution is -2.31. The summed E-state index contributed by atoms with van der Waals surface area (Å²) in [5, 5.41) is 7.21. The van der Waals surface area contributed by atoms with E-state index < -0.39 is 15.9 Å². The number of aromatic nitrogens is 1. The minimum atomic E-state index is -3.55. The molecule has 1 aromatic rings. The van der Waals surface area contributed by atoms with Gasteiger partial charge < -0.3 is 5.32 Å². The lowest BCUT2D eigenvalue weighted by molar-refractivity contribution is 0.0955. The number of amides is 1. The van der Waals surface area contributed by atoms with Crippen LogP contribution in [0.25, 0.3) is 0 Å². The summed E-state index contributed by atoms with van der Waals surface area (Å²) >= 11 is 3.17. The number of nitrogens with zero attached hydrogens (tertiary/aromatic N) is 1. The second-order valence-electron chi connectivity index (χ2n) is 3.01. The van der Waals surface area contributed by atoms with Crippen LogP contribution >= 0.6 is 15.9 Å². The number of nitrogens with two attached hydrogens (primary N) is 1. The molecule has 1 heterocycles. The number of sulfonamides is 1. The van der Waals surface area contributed by atoms with Crippen molar-refractivity contribution in [1.82, 2.24) is 10.3 Å². The van der Waals surface area contributed by atoms with Crippen molar-refractivity contribution in [3.05, 3.63) is 28.5 Å². The Balaban J connectivity index is 2.54. The molecule has 1 aromatic heterocycles. The van der Waals surface area contributed by atoms with E-state index in [-0.39, 0.29) is 12.3 Å². The Kier molecular flexibility index (Phi) is 4.39. The molecule has 0 bridgehead atoms. The molecular weight excluding hydrogens is 298 g/mol. The van der Waals surface area contributed by atoms with Gasteiger partial charge in [-0.15, -0.1) is 0 Å². The summed E-state index contributed by atoms with van der Waals surface area (Å²) in [5.74, 6) is -0.683. The van der Waals surface area contributed by atoms with Crippen LogP contribution in [0, 0.1) is 0 Å². The number of halogens is 1. The third-order valence-corrected chi connectivity index (χ3v) is 2.85. The second-order valence-corrected chi connectivity index (χ2v) is 5.66. The standard InChI is InChI=1S/C8H10BrN3O3S/c9-7-3-6(4-11-5-7)8(13)12-1-2-16(10,14)15/h3-5H,1-2H2,(H,12,13)(H2,10,14,15). The van der Waals surface area contributed by atoms with Crippen LogP contribution in [0.1, 0.15) is 10.4 Å². The number of pyridine rings is 1. The first-order chi connectivity index (χ1) is 7.38. The molecule has 0 aliphatic carbocycles. The fourth-order valence-corrected chi connectivity index (χ4v) is 1.70. The zero-order valence-electron chi connectivity index (χ0n) is 8.18. The van der Waals surface area contributed by atoms with E-state index in [2.05, 4.69) is 26.2 Å². The first-order valence-electron chi connectivity index (χ1n) is 4.28. The molecule has 6 nitrogen and oxygen atoms in total. The zero-order valence-corrected chi connectivity index (χ0v) is 10.6.